The van der Waals surface area contributed by atoms with Crippen LogP contribution in [0.4, 0.5) is 18.0 Å². The molecule has 1 fully saturated rings. The third-order valence-corrected chi connectivity index (χ3v) is 3.55. The van der Waals surface area contributed by atoms with Gasteiger partial charge in [-0.3, -0.25) is 19.2 Å². The Morgan fingerprint density at radius 3 is 2.56 bits per heavy atom. The van der Waals surface area contributed by atoms with Gasteiger partial charge in [0.1, 0.15) is 5.60 Å². The normalized spacial score (nSPS) is 22.9. The first kappa shape index (κ1) is 19.0. The van der Waals surface area contributed by atoms with E-state index in [1.54, 1.807) is 4.98 Å². The third kappa shape index (κ3) is 3.70. The van der Waals surface area contributed by atoms with Crippen LogP contribution in [-0.4, -0.2) is 49.8 Å². The van der Waals surface area contributed by atoms with Gasteiger partial charge in [0.2, 0.25) is 5.82 Å². The number of ether oxygens (including phenoxy) is 1. The molecule has 1 saturated heterocycles. The predicted molar refractivity (Wildman–Crippen MR) is 78.8 cm³/mol. The van der Waals surface area contributed by atoms with Crippen LogP contribution in [0, 0.1) is 5.82 Å². The molecule has 0 aliphatic carbocycles. The summed E-state index contributed by atoms with van der Waals surface area (Å²) < 4.78 is 47.7. The van der Waals surface area contributed by atoms with Crippen molar-refractivity contribution in [1.82, 2.24) is 14.5 Å². The highest BCUT2D eigenvalue weighted by atomic mass is 19.3. The fraction of sp³-hybridized carbons (Fsp3) is 0.643. The second kappa shape index (κ2) is 6.21. The highest BCUT2D eigenvalue weighted by molar-refractivity contribution is 5.69. The lowest BCUT2D eigenvalue weighted by atomic mass is 10.2. The first-order valence-electron chi connectivity index (χ1n) is 7.38. The number of nitrogens with zero attached hydrogens (tertiary/aromatic N) is 2. The number of alkyl halides is 2. The molecule has 1 aromatic heterocycles. The maximum atomic E-state index is 14.5. The zero-order valence-corrected chi connectivity index (χ0v) is 13.8. The van der Waals surface area contributed by atoms with Crippen LogP contribution in [0.1, 0.15) is 33.4 Å². The Morgan fingerprint density at radius 2 is 2.04 bits per heavy atom. The zero-order valence-electron chi connectivity index (χ0n) is 13.8. The molecule has 1 aliphatic rings. The highest BCUT2D eigenvalue weighted by Crippen LogP contribution is 2.44. The van der Waals surface area contributed by atoms with Gasteiger partial charge in [-0.2, -0.15) is 4.39 Å². The summed E-state index contributed by atoms with van der Waals surface area (Å²) in [6.45, 7) is 3.71. The lowest BCUT2D eigenvalue weighted by Gasteiger charge is -2.33. The number of amides is 1. The number of aromatic amines is 1. The van der Waals surface area contributed by atoms with Crippen LogP contribution in [0.15, 0.2) is 15.8 Å². The second-order valence-corrected chi connectivity index (χ2v) is 6.71. The summed E-state index contributed by atoms with van der Waals surface area (Å²) in [5.74, 6) is -5.13. The minimum Gasteiger partial charge on any atom is -0.444 e. The van der Waals surface area contributed by atoms with Gasteiger partial charge in [-0.1, -0.05) is 0 Å². The largest absolute Gasteiger partial charge is 0.444 e. The average molecular weight is 365 g/mol. The summed E-state index contributed by atoms with van der Waals surface area (Å²) in [7, 11) is 0. The summed E-state index contributed by atoms with van der Waals surface area (Å²) in [5.41, 5.74) is -3.71. The third-order valence-electron chi connectivity index (χ3n) is 3.55. The second-order valence-electron chi connectivity index (χ2n) is 6.71. The Kier molecular flexibility index (Phi) is 4.73. The van der Waals surface area contributed by atoms with Gasteiger partial charge in [0.15, 0.2) is 6.17 Å². The Hall–Kier alpha value is -2.30. The molecule has 0 spiro atoms. The summed E-state index contributed by atoms with van der Waals surface area (Å²) in [5, 5.41) is 9.35. The van der Waals surface area contributed by atoms with E-state index in [-0.39, 0.29) is 4.57 Å². The molecule has 1 aliphatic heterocycles. The molecule has 2 atom stereocenters. The Morgan fingerprint density at radius 1 is 1.44 bits per heavy atom. The number of hydrogen-bond donors (Lipinski definition) is 2. The van der Waals surface area contributed by atoms with E-state index in [4.69, 9.17) is 4.74 Å². The molecule has 0 unspecified atom stereocenters. The molecule has 25 heavy (non-hydrogen) atoms. The summed E-state index contributed by atoms with van der Waals surface area (Å²) in [6, 6.07) is -1.35. The van der Waals surface area contributed by atoms with E-state index in [0.717, 1.165) is 0 Å². The van der Waals surface area contributed by atoms with Crippen molar-refractivity contribution in [1.29, 1.82) is 0 Å². The molecule has 140 valence electrons. The minimum absolute atomic E-state index is 0.219. The van der Waals surface area contributed by atoms with E-state index in [9.17, 15) is 32.7 Å². The smallest absolute Gasteiger partial charge is 0.412 e. The van der Waals surface area contributed by atoms with Crippen LogP contribution in [-0.2, 0) is 4.74 Å². The van der Waals surface area contributed by atoms with E-state index in [1.807, 2.05) is 0 Å². The lowest BCUT2D eigenvalue weighted by Crippen LogP contribution is -2.49. The average Bonchev–Trinajstić information content (AvgIpc) is 2.72. The Bertz CT molecular complexity index is 783. The van der Waals surface area contributed by atoms with Crippen LogP contribution in [0.2, 0.25) is 0 Å². The number of H-pyrrole nitrogens is 1. The molecule has 11 heteroatoms. The van der Waals surface area contributed by atoms with E-state index >= 15 is 0 Å². The maximum absolute atomic E-state index is 14.5. The number of nitrogens with one attached hydrogen (secondary N) is 1. The predicted octanol–water partition coefficient (Wildman–Crippen LogP) is 0.811. The van der Waals surface area contributed by atoms with E-state index in [1.165, 1.54) is 20.8 Å². The standard InChI is InChI=1S/C14H18F3N3O5/c1-13(2,3)25-12(24)20-7(6-21)4-14(16,17)10(20)19-5-8(15)9(22)18-11(19)23/h5,7,10,21H,4,6H2,1-3H3,(H,18,22,23)/t7-,10+/m0/s1. The molecular formula is C14H18F3N3O5. The summed E-state index contributed by atoms with van der Waals surface area (Å²) >= 11 is 0. The van der Waals surface area contributed by atoms with Gasteiger partial charge >= 0.3 is 11.8 Å². The van der Waals surface area contributed by atoms with Crippen LogP contribution in [0.3, 0.4) is 0 Å². The van der Waals surface area contributed by atoms with Gasteiger partial charge in [0.25, 0.3) is 11.5 Å². The topological polar surface area (TPSA) is 105 Å². The quantitative estimate of drug-likeness (QED) is 0.807. The fourth-order valence-corrected chi connectivity index (χ4v) is 2.62. The number of likely N-dealkylation sites (tertiary alicyclic amines) is 1. The molecule has 8 nitrogen and oxygen atoms in total. The van der Waals surface area contributed by atoms with Crippen LogP contribution in [0.25, 0.3) is 0 Å². The molecule has 2 heterocycles. The Labute approximate surface area is 139 Å². The number of carbonyl (C=O) groups excluding carboxylic acids is 1. The van der Waals surface area contributed by atoms with Crippen molar-refractivity contribution in [3.05, 3.63) is 32.9 Å². The molecule has 0 bridgehead atoms. The monoisotopic (exact) mass is 365 g/mol. The molecule has 2 N–H and O–H groups in total. The fourth-order valence-electron chi connectivity index (χ4n) is 2.62. The van der Waals surface area contributed by atoms with Crippen molar-refractivity contribution in [3.63, 3.8) is 0 Å². The number of carbonyl (C=O) groups is 1. The van der Waals surface area contributed by atoms with E-state index in [0.29, 0.717) is 11.1 Å². The van der Waals surface area contributed by atoms with E-state index < -0.39 is 59.9 Å². The van der Waals surface area contributed by atoms with Crippen molar-refractivity contribution in [2.75, 3.05) is 6.61 Å². The van der Waals surface area contributed by atoms with Gasteiger partial charge in [0, 0.05) is 6.42 Å². The Balaban J connectivity index is 2.58. The number of halogens is 3. The number of aliphatic hydroxyl groups excluding tert-OH is 1. The van der Waals surface area contributed by atoms with Gasteiger partial charge in [0.05, 0.1) is 18.8 Å². The SMILES string of the molecule is CC(C)(C)OC(=O)N1[C@H](CO)CC(F)(F)[C@@H]1n1cc(F)c(=O)[nH]c1=O. The van der Waals surface area contributed by atoms with E-state index in [2.05, 4.69) is 0 Å². The summed E-state index contributed by atoms with van der Waals surface area (Å²) in [4.78, 5) is 37.4. The lowest BCUT2D eigenvalue weighted by molar-refractivity contribution is -0.0712. The number of rotatable bonds is 2. The first-order chi connectivity index (χ1) is 11.4. The minimum atomic E-state index is -3.67. The van der Waals surface area contributed by atoms with Crippen molar-refractivity contribution in [3.8, 4) is 0 Å². The summed E-state index contributed by atoms with van der Waals surface area (Å²) in [6.07, 6.45) is -4.11. The number of hydrogen-bond acceptors (Lipinski definition) is 5. The van der Waals surface area contributed by atoms with Crippen molar-refractivity contribution < 1.29 is 27.8 Å². The number of aromatic nitrogens is 2. The van der Waals surface area contributed by atoms with Gasteiger partial charge in [-0.25, -0.2) is 18.4 Å². The molecule has 1 aromatic rings. The molecule has 0 aromatic carbocycles. The highest BCUT2D eigenvalue weighted by Gasteiger charge is 2.58. The molecular weight excluding hydrogens is 347 g/mol. The van der Waals surface area contributed by atoms with Crippen molar-refractivity contribution >= 4 is 6.09 Å². The molecule has 1 amide bonds. The number of aliphatic hydroxyl groups is 1. The molecule has 0 radical (unpaired) electrons. The van der Waals surface area contributed by atoms with Crippen molar-refractivity contribution in [2.45, 2.75) is 50.9 Å². The van der Waals surface area contributed by atoms with Crippen molar-refractivity contribution in [2.24, 2.45) is 0 Å². The van der Waals surface area contributed by atoms with Crippen LogP contribution < -0.4 is 11.2 Å². The van der Waals surface area contributed by atoms with Gasteiger partial charge < -0.3 is 9.84 Å². The van der Waals surface area contributed by atoms with Crippen LogP contribution in [0.5, 0.6) is 0 Å². The molecule has 2 rings (SSSR count). The molecule has 0 saturated carbocycles. The maximum Gasteiger partial charge on any atom is 0.412 e. The van der Waals surface area contributed by atoms with Gasteiger partial charge in [-0.15, -0.1) is 0 Å². The first-order valence-corrected chi connectivity index (χ1v) is 7.38. The zero-order chi connectivity index (χ0) is 19.2. The van der Waals surface area contributed by atoms with Crippen LogP contribution >= 0.6 is 0 Å². The van der Waals surface area contributed by atoms with Gasteiger partial charge in [-0.05, 0) is 20.8 Å².